The highest BCUT2D eigenvalue weighted by Gasteiger charge is 2.20. The van der Waals surface area contributed by atoms with E-state index in [-0.39, 0.29) is 18.2 Å². The first-order valence-corrected chi connectivity index (χ1v) is 13.3. The minimum atomic E-state index is -0.613. The highest BCUT2D eigenvalue weighted by atomic mass is 32.2. The summed E-state index contributed by atoms with van der Waals surface area (Å²) < 4.78 is 3.00. The molecule has 0 fully saturated rings. The summed E-state index contributed by atoms with van der Waals surface area (Å²) in [6, 6.07) is 12.6. The minimum Gasteiger partial charge on any atom is -0.389 e. The summed E-state index contributed by atoms with van der Waals surface area (Å²) in [7, 11) is 4.10. The predicted octanol–water partition coefficient (Wildman–Crippen LogP) is 6.33. The molecule has 0 heterocycles. The second-order valence-electron chi connectivity index (χ2n) is 10.1. The van der Waals surface area contributed by atoms with Crippen molar-refractivity contribution in [2.45, 2.75) is 82.8 Å². The summed E-state index contributed by atoms with van der Waals surface area (Å²) in [5.74, 6) is 0.228. The Morgan fingerprint density at radius 3 is 2.35 bits per heavy atom. The molecule has 4 nitrogen and oxygen atoms in total. The average Bonchev–Trinajstić information content (AvgIpc) is 2.79. The van der Waals surface area contributed by atoms with Gasteiger partial charge in [-0.15, -0.1) is 0 Å². The van der Waals surface area contributed by atoms with Gasteiger partial charge >= 0.3 is 0 Å². The summed E-state index contributed by atoms with van der Waals surface area (Å²) in [6.45, 7) is 7.02. The van der Waals surface area contributed by atoms with Crippen molar-refractivity contribution in [3.05, 3.63) is 75.9 Å². The van der Waals surface area contributed by atoms with Gasteiger partial charge in [0.05, 0.1) is 12.5 Å². The van der Waals surface area contributed by atoms with Gasteiger partial charge < -0.3 is 10.0 Å². The highest BCUT2D eigenvalue weighted by molar-refractivity contribution is 7.98. The fourth-order valence-corrected chi connectivity index (χ4v) is 5.22. The summed E-state index contributed by atoms with van der Waals surface area (Å²) in [5.41, 5.74) is 6.99. The van der Waals surface area contributed by atoms with Crippen molar-refractivity contribution in [2.24, 2.45) is 0 Å². The maximum absolute atomic E-state index is 12.9. The number of amides is 1. The first-order chi connectivity index (χ1) is 16.2. The summed E-state index contributed by atoms with van der Waals surface area (Å²) in [4.78, 5) is 16.1. The molecule has 0 bridgehead atoms. The molecule has 1 aliphatic rings. The van der Waals surface area contributed by atoms with Crippen LogP contribution in [0.3, 0.4) is 0 Å². The molecule has 184 valence electrons. The summed E-state index contributed by atoms with van der Waals surface area (Å²) in [5, 5.41) is 10.6. The Hall–Kier alpha value is -2.08. The molecule has 2 N–H and O–H groups in total. The van der Waals surface area contributed by atoms with Gasteiger partial charge in [-0.05, 0) is 111 Å². The number of hydrogen-bond donors (Lipinski definition) is 2. The first-order valence-electron chi connectivity index (χ1n) is 12.4. The third kappa shape index (κ3) is 7.72. The fraction of sp³-hybridized carbons (Fsp3) is 0.483. The van der Waals surface area contributed by atoms with Gasteiger partial charge in [0.25, 0.3) is 0 Å². The van der Waals surface area contributed by atoms with Crippen LogP contribution in [0.5, 0.6) is 0 Å². The molecule has 0 aromatic heterocycles. The quantitative estimate of drug-likeness (QED) is 0.308. The third-order valence-electron chi connectivity index (χ3n) is 6.31. The van der Waals surface area contributed by atoms with Gasteiger partial charge in [-0.25, -0.2) is 0 Å². The van der Waals surface area contributed by atoms with Crippen molar-refractivity contribution in [1.29, 1.82) is 0 Å². The molecule has 3 rings (SSSR count). The van der Waals surface area contributed by atoms with E-state index in [4.69, 9.17) is 0 Å². The molecule has 0 saturated carbocycles. The van der Waals surface area contributed by atoms with Gasteiger partial charge in [-0.2, -0.15) is 0 Å². The van der Waals surface area contributed by atoms with Crippen molar-refractivity contribution >= 4 is 17.9 Å². The zero-order valence-corrected chi connectivity index (χ0v) is 22.2. The molecule has 1 amide bonds. The predicted molar refractivity (Wildman–Crippen MR) is 143 cm³/mol. The van der Waals surface area contributed by atoms with Crippen molar-refractivity contribution in [3.63, 3.8) is 0 Å². The molecule has 1 unspecified atom stereocenters. The Morgan fingerprint density at radius 1 is 1.06 bits per heavy atom. The van der Waals surface area contributed by atoms with Gasteiger partial charge in [0.1, 0.15) is 0 Å². The van der Waals surface area contributed by atoms with Crippen LogP contribution in [0.15, 0.2) is 52.9 Å². The van der Waals surface area contributed by atoms with Crippen LogP contribution in [-0.4, -0.2) is 30.0 Å². The number of carbonyl (C=O) groups is 1. The van der Waals surface area contributed by atoms with Crippen LogP contribution in [0.4, 0.5) is 0 Å². The second kappa shape index (κ2) is 12.6. The lowest BCUT2D eigenvalue weighted by molar-refractivity contribution is -0.118. The fourth-order valence-electron chi connectivity index (χ4n) is 4.64. The van der Waals surface area contributed by atoms with E-state index in [1.807, 2.05) is 12.1 Å². The third-order valence-corrected chi connectivity index (χ3v) is 7.15. The average molecular weight is 481 g/mol. The first kappa shape index (κ1) is 26.5. The lowest BCUT2D eigenvalue weighted by Gasteiger charge is -2.22. The standard InChI is InChI=1S/C29H40N2O2S/c1-20(2)26-16-24(15-22-9-7-6-8-10-22)17-27(21(3)32)28(26)18-29(33)30-34-25-13-11-23(12-14-25)19-31(4)5/h9,11-14,16-17,20-21,32H,6-8,10,15,18-19H2,1-5H3,(H,30,33). The number of rotatable bonds is 10. The topological polar surface area (TPSA) is 52.6 Å². The normalized spacial score (nSPS) is 14.9. The molecule has 5 heteroatoms. The second-order valence-corrected chi connectivity index (χ2v) is 10.9. The van der Waals surface area contributed by atoms with Crippen molar-refractivity contribution < 1.29 is 9.90 Å². The number of hydrogen-bond acceptors (Lipinski definition) is 4. The van der Waals surface area contributed by atoms with Crippen molar-refractivity contribution in [1.82, 2.24) is 9.62 Å². The molecule has 2 aromatic rings. The van der Waals surface area contributed by atoms with E-state index in [2.05, 4.69) is 67.9 Å². The molecule has 1 aliphatic carbocycles. The van der Waals surface area contributed by atoms with Crippen LogP contribution in [0.2, 0.25) is 0 Å². The lowest BCUT2D eigenvalue weighted by atomic mass is 9.85. The van der Waals surface area contributed by atoms with E-state index in [1.54, 1.807) is 6.92 Å². The Morgan fingerprint density at radius 2 is 1.76 bits per heavy atom. The molecule has 34 heavy (non-hydrogen) atoms. The lowest BCUT2D eigenvalue weighted by Crippen LogP contribution is -2.21. The Bertz CT molecular complexity index is 965. The largest absolute Gasteiger partial charge is 0.389 e. The zero-order valence-electron chi connectivity index (χ0n) is 21.4. The number of carbonyl (C=O) groups excluding carboxylic acids is 1. The van der Waals surface area contributed by atoms with Gasteiger partial charge in [0.15, 0.2) is 0 Å². The molecule has 1 atom stereocenters. The van der Waals surface area contributed by atoms with Crippen LogP contribution < -0.4 is 4.72 Å². The van der Waals surface area contributed by atoms with E-state index in [9.17, 15) is 9.90 Å². The van der Waals surface area contributed by atoms with E-state index >= 15 is 0 Å². The molecule has 2 aromatic carbocycles. The van der Waals surface area contributed by atoms with E-state index < -0.39 is 6.10 Å². The number of nitrogens with one attached hydrogen (secondary N) is 1. The van der Waals surface area contributed by atoms with Crippen molar-refractivity contribution in [2.75, 3.05) is 14.1 Å². The smallest absolute Gasteiger partial charge is 0.234 e. The van der Waals surface area contributed by atoms with Crippen LogP contribution >= 0.6 is 11.9 Å². The van der Waals surface area contributed by atoms with Crippen LogP contribution in [0.1, 0.15) is 86.3 Å². The SMILES string of the molecule is CC(C)c1cc(CC2=CCCCC2)cc(C(C)O)c1CC(=O)NSc1ccc(CN(C)C)cc1. The van der Waals surface area contributed by atoms with Crippen molar-refractivity contribution in [3.8, 4) is 0 Å². The Kier molecular flexibility index (Phi) is 9.81. The minimum absolute atomic E-state index is 0.0473. The van der Waals surface area contributed by atoms with Crippen LogP contribution in [0.25, 0.3) is 0 Å². The Labute approximate surface area is 210 Å². The Balaban J connectivity index is 1.73. The maximum Gasteiger partial charge on any atom is 0.234 e. The van der Waals surface area contributed by atoms with Crippen LogP contribution in [0, 0.1) is 0 Å². The molecule has 0 radical (unpaired) electrons. The number of allylic oxidation sites excluding steroid dienone is 2. The molecule has 0 spiro atoms. The van der Waals surface area contributed by atoms with Gasteiger partial charge in [0.2, 0.25) is 5.91 Å². The number of benzene rings is 2. The van der Waals surface area contributed by atoms with E-state index in [0.29, 0.717) is 0 Å². The summed E-state index contributed by atoms with van der Waals surface area (Å²) in [6.07, 6.45) is 7.85. The van der Waals surface area contributed by atoms with E-state index in [0.717, 1.165) is 34.6 Å². The monoisotopic (exact) mass is 480 g/mol. The molecule has 0 aliphatic heterocycles. The van der Waals surface area contributed by atoms with Gasteiger partial charge in [-0.1, -0.05) is 49.8 Å². The number of nitrogens with zero attached hydrogens (tertiary/aromatic N) is 1. The molecular formula is C29H40N2O2S. The number of aliphatic hydroxyl groups excluding tert-OH is 1. The molecular weight excluding hydrogens is 440 g/mol. The maximum atomic E-state index is 12.9. The van der Waals surface area contributed by atoms with Crippen LogP contribution in [-0.2, 0) is 24.2 Å². The number of aliphatic hydroxyl groups is 1. The van der Waals surface area contributed by atoms with Gasteiger partial charge in [-0.3, -0.25) is 9.52 Å². The van der Waals surface area contributed by atoms with E-state index in [1.165, 1.54) is 54.3 Å². The highest BCUT2D eigenvalue weighted by Crippen LogP contribution is 2.31. The molecule has 0 saturated heterocycles. The van der Waals surface area contributed by atoms with Gasteiger partial charge in [0, 0.05) is 11.4 Å². The summed E-state index contributed by atoms with van der Waals surface area (Å²) >= 11 is 1.35. The zero-order chi connectivity index (χ0) is 24.7.